The minimum absolute atomic E-state index is 0.450. The van der Waals surface area contributed by atoms with Crippen LogP contribution in [-0.2, 0) is 0 Å². The Balaban J connectivity index is 2.04. The van der Waals surface area contributed by atoms with Gasteiger partial charge in [-0.05, 0) is 25.7 Å². The second kappa shape index (κ2) is 6.21. The van der Waals surface area contributed by atoms with Crippen LogP contribution in [0.25, 0.3) is 0 Å². The van der Waals surface area contributed by atoms with Gasteiger partial charge in [-0.1, -0.05) is 45.3 Å². The third-order valence-electron chi connectivity index (χ3n) is 5.10. The van der Waals surface area contributed by atoms with Crippen LogP contribution in [-0.4, -0.2) is 36.1 Å². The van der Waals surface area contributed by atoms with Gasteiger partial charge in [0.05, 0.1) is 0 Å². The summed E-state index contributed by atoms with van der Waals surface area (Å²) < 4.78 is 0. The Hall–Kier alpha value is -0.340. The van der Waals surface area contributed by atoms with Gasteiger partial charge in [0.2, 0.25) is 0 Å². The fourth-order valence-electron chi connectivity index (χ4n) is 3.67. The van der Waals surface area contributed by atoms with Gasteiger partial charge in [-0.15, -0.1) is 0 Å². The third kappa shape index (κ3) is 2.97. The lowest BCUT2D eigenvalue weighted by Gasteiger charge is -2.48. The predicted octanol–water partition coefficient (Wildman–Crippen LogP) is 3.20. The molecule has 1 heterocycles. The van der Waals surface area contributed by atoms with Crippen molar-refractivity contribution < 1.29 is 0 Å². The van der Waals surface area contributed by atoms with Crippen LogP contribution in [0.5, 0.6) is 0 Å². The molecule has 1 saturated heterocycles. The second-order valence-electron chi connectivity index (χ2n) is 6.32. The van der Waals surface area contributed by atoms with E-state index in [1.54, 1.807) is 0 Å². The van der Waals surface area contributed by atoms with E-state index in [0.717, 1.165) is 18.5 Å². The molecule has 2 atom stereocenters. The van der Waals surface area contributed by atoms with Crippen LogP contribution in [0.15, 0.2) is 12.2 Å². The van der Waals surface area contributed by atoms with Crippen molar-refractivity contribution in [3.8, 4) is 0 Å². The summed E-state index contributed by atoms with van der Waals surface area (Å²) in [7, 11) is 0. The first-order valence-electron chi connectivity index (χ1n) is 7.81. The Morgan fingerprint density at radius 2 is 2.11 bits per heavy atom. The summed E-state index contributed by atoms with van der Waals surface area (Å²) in [5.41, 5.74) is 0.450. The summed E-state index contributed by atoms with van der Waals surface area (Å²) >= 11 is 0. The molecule has 1 spiro atoms. The van der Waals surface area contributed by atoms with Gasteiger partial charge in [-0.3, -0.25) is 4.90 Å². The Bertz CT molecular complexity index is 279. The molecule has 0 radical (unpaired) electrons. The lowest BCUT2D eigenvalue weighted by molar-refractivity contribution is 0.0618. The van der Waals surface area contributed by atoms with Gasteiger partial charge in [0.15, 0.2) is 0 Å². The quantitative estimate of drug-likeness (QED) is 0.771. The van der Waals surface area contributed by atoms with E-state index in [9.17, 15) is 0 Å². The van der Waals surface area contributed by atoms with Crippen LogP contribution >= 0.6 is 0 Å². The molecule has 18 heavy (non-hydrogen) atoms. The highest BCUT2D eigenvalue weighted by atomic mass is 15.3. The zero-order valence-electron chi connectivity index (χ0n) is 12.4. The summed E-state index contributed by atoms with van der Waals surface area (Å²) in [6, 6.07) is 0.720. The van der Waals surface area contributed by atoms with Crippen molar-refractivity contribution in [1.82, 2.24) is 10.2 Å². The van der Waals surface area contributed by atoms with Gasteiger partial charge in [-0.25, -0.2) is 0 Å². The Morgan fingerprint density at radius 1 is 1.39 bits per heavy atom. The van der Waals surface area contributed by atoms with Gasteiger partial charge in [0, 0.05) is 31.2 Å². The van der Waals surface area contributed by atoms with E-state index in [2.05, 4.69) is 43.1 Å². The lowest BCUT2D eigenvalue weighted by atomic mass is 9.87. The molecule has 0 amide bonds. The number of allylic oxidation sites excluding steroid dienone is 1. The molecule has 2 fully saturated rings. The second-order valence-corrected chi connectivity index (χ2v) is 6.32. The maximum Gasteiger partial charge on any atom is 0.0309 e. The first kappa shape index (κ1) is 14.1. The van der Waals surface area contributed by atoms with Crippen molar-refractivity contribution in [3.63, 3.8) is 0 Å². The Kier molecular flexibility index (Phi) is 4.85. The molecular formula is C16H30N2. The van der Waals surface area contributed by atoms with Crippen molar-refractivity contribution in [2.45, 2.75) is 64.5 Å². The minimum Gasteiger partial charge on any atom is -0.308 e. The van der Waals surface area contributed by atoms with Crippen LogP contribution in [0.2, 0.25) is 0 Å². The van der Waals surface area contributed by atoms with Gasteiger partial charge in [0.1, 0.15) is 0 Å². The molecule has 0 aromatic heterocycles. The van der Waals surface area contributed by atoms with Gasteiger partial charge < -0.3 is 5.32 Å². The number of nitrogens with zero attached hydrogens (tertiary/aromatic N) is 1. The zero-order valence-corrected chi connectivity index (χ0v) is 12.4. The van der Waals surface area contributed by atoms with Crippen LogP contribution in [0, 0.1) is 5.92 Å². The van der Waals surface area contributed by atoms with Crippen LogP contribution < -0.4 is 5.32 Å². The highest BCUT2D eigenvalue weighted by Gasteiger charge is 2.41. The van der Waals surface area contributed by atoms with Gasteiger partial charge in [-0.2, -0.15) is 0 Å². The fraction of sp³-hybridized carbons (Fsp3) is 0.875. The van der Waals surface area contributed by atoms with Crippen LogP contribution in [0.1, 0.15) is 52.9 Å². The normalized spacial score (nSPS) is 30.3. The van der Waals surface area contributed by atoms with Crippen molar-refractivity contribution in [2.24, 2.45) is 5.92 Å². The summed E-state index contributed by atoms with van der Waals surface area (Å²) in [5, 5.41) is 3.90. The number of hydrogen-bond acceptors (Lipinski definition) is 2. The SMILES string of the molecule is C/C=C/CN1CC2(CCCC2)NCC1C(C)CC. The molecule has 104 valence electrons. The van der Waals surface area contributed by atoms with E-state index < -0.39 is 0 Å². The predicted molar refractivity (Wildman–Crippen MR) is 78.8 cm³/mol. The monoisotopic (exact) mass is 250 g/mol. The number of piperazine rings is 1. The Labute approximate surface area is 113 Å². The van der Waals surface area contributed by atoms with Crippen molar-refractivity contribution in [2.75, 3.05) is 19.6 Å². The summed E-state index contributed by atoms with van der Waals surface area (Å²) in [6.45, 7) is 10.4. The van der Waals surface area contributed by atoms with E-state index in [4.69, 9.17) is 0 Å². The molecule has 2 aliphatic rings. The fourth-order valence-corrected chi connectivity index (χ4v) is 3.67. The summed E-state index contributed by atoms with van der Waals surface area (Å²) in [5.74, 6) is 0.793. The highest BCUT2D eigenvalue weighted by molar-refractivity contribution is 5.03. The molecule has 1 N–H and O–H groups in total. The largest absolute Gasteiger partial charge is 0.308 e. The highest BCUT2D eigenvalue weighted by Crippen LogP contribution is 2.34. The molecule has 1 saturated carbocycles. The number of nitrogens with one attached hydrogen (secondary N) is 1. The lowest BCUT2D eigenvalue weighted by Crippen LogP contribution is -2.64. The van der Waals surface area contributed by atoms with Crippen LogP contribution in [0.3, 0.4) is 0 Å². The average Bonchev–Trinajstić information content (AvgIpc) is 2.84. The standard InChI is InChI=1S/C16H30N2/c1-4-6-11-18-13-16(9-7-8-10-16)17-12-15(18)14(3)5-2/h4,6,14-15,17H,5,7-13H2,1-3H3/b6-4+. The molecule has 0 aromatic carbocycles. The first-order chi connectivity index (χ1) is 8.71. The van der Waals surface area contributed by atoms with Crippen molar-refractivity contribution >= 4 is 0 Å². The first-order valence-corrected chi connectivity index (χ1v) is 7.81. The smallest absolute Gasteiger partial charge is 0.0309 e. The van der Waals surface area contributed by atoms with Gasteiger partial charge in [0.25, 0.3) is 0 Å². The summed E-state index contributed by atoms with van der Waals surface area (Å²) in [6.07, 6.45) is 11.4. The maximum absolute atomic E-state index is 3.90. The zero-order chi connectivity index (χ0) is 13.0. The van der Waals surface area contributed by atoms with Crippen LogP contribution in [0.4, 0.5) is 0 Å². The van der Waals surface area contributed by atoms with E-state index >= 15 is 0 Å². The molecule has 2 unspecified atom stereocenters. The number of rotatable bonds is 4. The average molecular weight is 250 g/mol. The maximum atomic E-state index is 3.90. The van der Waals surface area contributed by atoms with Crippen molar-refractivity contribution in [1.29, 1.82) is 0 Å². The molecular weight excluding hydrogens is 220 g/mol. The van der Waals surface area contributed by atoms with E-state index in [1.165, 1.54) is 45.2 Å². The van der Waals surface area contributed by atoms with Gasteiger partial charge >= 0.3 is 0 Å². The van der Waals surface area contributed by atoms with E-state index in [0.29, 0.717) is 5.54 Å². The van der Waals surface area contributed by atoms with Crippen molar-refractivity contribution in [3.05, 3.63) is 12.2 Å². The third-order valence-corrected chi connectivity index (χ3v) is 5.10. The molecule has 2 rings (SSSR count). The summed E-state index contributed by atoms with van der Waals surface area (Å²) in [4.78, 5) is 2.73. The molecule has 0 aromatic rings. The number of hydrogen-bond donors (Lipinski definition) is 1. The Morgan fingerprint density at radius 3 is 2.72 bits per heavy atom. The molecule has 1 aliphatic heterocycles. The topological polar surface area (TPSA) is 15.3 Å². The van der Waals surface area contributed by atoms with E-state index in [-0.39, 0.29) is 0 Å². The molecule has 2 nitrogen and oxygen atoms in total. The molecule has 2 heteroatoms. The molecule has 0 bridgehead atoms. The molecule has 1 aliphatic carbocycles. The minimum atomic E-state index is 0.450. The van der Waals surface area contributed by atoms with E-state index in [1.807, 2.05) is 0 Å².